The van der Waals surface area contributed by atoms with Crippen LogP contribution < -0.4 is 5.32 Å². The van der Waals surface area contributed by atoms with Gasteiger partial charge in [-0.05, 0) is 18.6 Å². The lowest BCUT2D eigenvalue weighted by atomic mass is 10.1. The summed E-state index contributed by atoms with van der Waals surface area (Å²) >= 11 is 1.35. The van der Waals surface area contributed by atoms with Gasteiger partial charge < -0.3 is 5.32 Å². The van der Waals surface area contributed by atoms with Crippen LogP contribution in [-0.4, -0.2) is 14.3 Å². The minimum Gasteiger partial charge on any atom is -0.354 e. The first-order chi connectivity index (χ1) is 6.86. The third kappa shape index (κ3) is 2.05. The lowest BCUT2D eigenvalue weighted by molar-refractivity contribution is 0.873. The number of nitrogens with zero attached hydrogens (tertiary/aromatic N) is 3. The van der Waals surface area contributed by atoms with Crippen molar-refractivity contribution in [2.75, 3.05) is 5.32 Å². The van der Waals surface area contributed by atoms with E-state index in [2.05, 4.69) is 26.6 Å². The Kier molecular flexibility index (Phi) is 2.69. The summed E-state index contributed by atoms with van der Waals surface area (Å²) in [6.07, 6.45) is 5.16. The molecule has 1 unspecified atom stereocenters. The summed E-state index contributed by atoms with van der Waals surface area (Å²) in [5, 5.41) is 4.08. The molecule has 1 atom stereocenters. The van der Waals surface area contributed by atoms with Crippen LogP contribution in [0.1, 0.15) is 18.5 Å². The van der Waals surface area contributed by atoms with E-state index in [9.17, 15) is 0 Å². The van der Waals surface area contributed by atoms with Gasteiger partial charge in [-0.3, -0.25) is 4.98 Å². The summed E-state index contributed by atoms with van der Waals surface area (Å²) in [6.45, 7) is 2.07. The topological polar surface area (TPSA) is 50.7 Å². The lowest BCUT2D eigenvalue weighted by Crippen LogP contribution is -2.06. The monoisotopic (exact) mass is 206 g/mol. The number of anilines is 1. The molecule has 0 radical (unpaired) electrons. The van der Waals surface area contributed by atoms with Gasteiger partial charge >= 0.3 is 0 Å². The number of pyridine rings is 1. The highest BCUT2D eigenvalue weighted by Crippen LogP contribution is 2.18. The fourth-order valence-corrected chi connectivity index (χ4v) is 1.66. The molecule has 0 aliphatic rings. The quantitative estimate of drug-likeness (QED) is 0.835. The van der Waals surface area contributed by atoms with Crippen molar-refractivity contribution in [3.05, 3.63) is 36.4 Å². The number of hydrogen-bond donors (Lipinski definition) is 1. The molecule has 0 aliphatic heterocycles. The Labute approximate surface area is 86.2 Å². The van der Waals surface area contributed by atoms with Crippen LogP contribution in [0.2, 0.25) is 0 Å². The van der Waals surface area contributed by atoms with Crippen molar-refractivity contribution in [3.8, 4) is 0 Å². The molecule has 0 aliphatic carbocycles. The second-order valence-corrected chi connectivity index (χ2v) is 3.68. The zero-order chi connectivity index (χ0) is 9.80. The average molecular weight is 206 g/mol. The Morgan fingerprint density at radius 3 is 3.07 bits per heavy atom. The van der Waals surface area contributed by atoms with Crippen LogP contribution in [0.5, 0.6) is 0 Å². The summed E-state index contributed by atoms with van der Waals surface area (Å²) in [6, 6.07) is 4.16. The molecule has 0 saturated carbocycles. The molecule has 2 rings (SSSR count). The Morgan fingerprint density at radius 1 is 1.50 bits per heavy atom. The maximum Gasteiger partial charge on any atom is 0.202 e. The highest BCUT2D eigenvalue weighted by atomic mass is 32.1. The third-order valence-electron chi connectivity index (χ3n) is 1.89. The first-order valence-electron chi connectivity index (χ1n) is 4.29. The molecule has 5 heteroatoms. The van der Waals surface area contributed by atoms with Gasteiger partial charge in [0, 0.05) is 23.9 Å². The number of hydrogen-bond acceptors (Lipinski definition) is 5. The highest BCUT2D eigenvalue weighted by Gasteiger charge is 2.05. The SMILES string of the molecule is CC(Nc1ncns1)c1cccnc1. The smallest absolute Gasteiger partial charge is 0.202 e. The summed E-state index contributed by atoms with van der Waals surface area (Å²) in [4.78, 5) is 8.12. The highest BCUT2D eigenvalue weighted by molar-refractivity contribution is 7.09. The lowest BCUT2D eigenvalue weighted by Gasteiger charge is -2.11. The van der Waals surface area contributed by atoms with Crippen molar-refractivity contribution in [1.82, 2.24) is 14.3 Å². The van der Waals surface area contributed by atoms with Crippen LogP contribution in [-0.2, 0) is 0 Å². The first-order valence-corrected chi connectivity index (χ1v) is 5.07. The van der Waals surface area contributed by atoms with E-state index in [0.29, 0.717) is 0 Å². The van der Waals surface area contributed by atoms with Crippen LogP contribution in [0.3, 0.4) is 0 Å². The van der Waals surface area contributed by atoms with Crippen molar-refractivity contribution in [2.45, 2.75) is 13.0 Å². The van der Waals surface area contributed by atoms with E-state index >= 15 is 0 Å². The van der Waals surface area contributed by atoms with Crippen LogP contribution in [0.25, 0.3) is 0 Å². The predicted octanol–water partition coefficient (Wildman–Crippen LogP) is 2.11. The minimum absolute atomic E-state index is 0.205. The van der Waals surface area contributed by atoms with E-state index in [1.54, 1.807) is 12.5 Å². The molecule has 4 nitrogen and oxygen atoms in total. The van der Waals surface area contributed by atoms with Gasteiger partial charge in [-0.1, -0.05) is 6.07 Å². The number of nitrogens with one attached hydrogen (secondary N) is 1. The third-order valence-corrected chi connectivity index (χ3v) is 2.48. The van der Waals surface area contributed by atoms with Crippen LogP contribution >= 0.6 is 11.5 Å². The minimum atomic E-state index is 0.205. The van der Waals surface area contributed by atoms with Crippen LogP contribution in [0.4, 0.5) is 5.13 Å². The molecule has 2 aromatic heterocycles. The molecule has 14 heavy (non-hydrogen) atoms. The van der Waals surface area contributed by atoms with Gasteiger partial charge in [0.25, 0.3) is 0 Å². The largest absolute Gasteiger partial charge is 0.354 e. The van der Waals surface area contributed by atoms with Gasteiger partial charge in [-0.25, -0.2) is 4.98 Å². The number of rotatable bonds is 3. The first kappa shape index (κ1) is 9.08. The van der Waals surface area contributed by atoms with E-state index in [4.69, 9.17) is 0 Å². The molecular formula is C9H10N4S. The normalized spacial score (nSPS) is 12.4. The molecule has 2 aromatic rings. The maximum atomic E-state index is 4.06. The summed E-state index contributed by atoms with van der Waals surface area (Å²) < 4.78 is 3.92. The molecule has 2 heterocycles. The fourth-order valence-electron chi connectivity index (χ4n) is 1.14. The molecule has 0 amide bonds. The van der Waals surface area contributed by atoms with Gasteiger partial charge in [-0.15, -0.1) is 0 Å². The van der Waals surface area contributed by atoms with Crippen LogP contribution in [0.15, 0.2) is 30.9 Å². The van der Waals surface area contributed by atoms with E-state index in [-0.39, 0.29) is 6.04 Å². The summed E-state index contributed by atoms with van der Waals surface area (Å²) in [5.74, 6) is 0. The second-order valence-electron chi connectivity index (χ2n) is 2.90. The van der Waals surface area contributed by atoms with Crippen molar-refractivity contribution in [1.29, 1.82) is 0 Å². The molecule has 1 N–H and O–H groups in total. The molecule has 0 spiro atoms. The average Bonchev–Trinajstić information content (AvgIpc) is 2.72. The van der Waals surface area contributed by atoms with Crippen molar-refractivity contribution >= 4 is 16.7 Å². The van der Waals surface area contributed by atoms with Gasteiger partial charge in [0.1, 0.15) is 6.33 Å². The molecule has 0 aromatic carbocycles. The maximum absolute atomic E-state index is 4.06. The Morgan fingerprint density at radius 2 is 2.43 bits per heavy atom. The van der Waals surface area contributed by atoms with Gasteiger partial charge in [0.2, 0.25) is 5.13 Å². The van der Waals surface area contributed by atoms with Crippen LogP contribution in [0, 0.1) is 0 Å². The fraction of sp³-hybridized carbons (Fsp3) is 0.222. The van der Waals surface area contributed by atoms with E-state index < -0.39 is 0 Å². The van der Waals surface area contributed by atoms with Gasteiger partial charge in [0.05, 0.1) is 6.04 Å². The van der Waals surface area contributed by atoms with E-state index in [1.807, 2.05) is 18.3 Å². The Bertz CT molecular complexity index is 373. The van der Waals surface area contributed by atoms with E-state index in [0.717, 1.165) is 10.7 Å². The summed E-state index contributed by atoms with van der Waals surface area (Å²) in [7, 11) is 0. The molecule has 0 bridgehead atoms. The van der Waals surface area contributed by atoms with Crippen molar-refractivity contribution in [2.24, 2.45) is 0 Å². The number of aromatic nitrogens is 3. The second kappa shape index (κ2) is 4.15. The van der Waals surface area contributed by atoms with E-state index in [1.165, 1.54) is 11.5 Å². The zero-order valence-electron chi connectivity index (χ0n) is 7.71. The predicted molar refractivity (Wildman–Crippen MR) is 56.2 cm³/mol. The van der Waals surface area contributed by atoms with Crippen molar-refractivity contribution < 1.29 is 0 Å². The van der Waals surface area contributed by atoms with Gasteiger partial charge in [0.15, 0.2) is 0 Å². The zero-order valence-corrected chi connectivity index (χ0v) is 8.53. The Balaban J connectivity index is 2.07. The molecule has 0 fully saturated rings. The molecular weight excluding hydrogens is 196 g/mol. The summed E-state index contributed by atoms with van der Waals surface area (Å²) in [5.41, 5.74) is 1.14. The van der Waals surface area contributed by atoms with Gasteiger partial charge in [-0.2, -0.15) is 4.37 Å². The Hall–Kier alpha value is -1.49. The van der Waals surface area contributed by atoms with Crippen molar-refractivity contribution in [3.63, 3.8) is 0 Å². The molecule has 72 valence electrons. The molecule has 0 saturated heterocycles. The standard InChI is InChI=1S/C9H10N4S/c1-7(8-3-2-4-10-5-8)13-9-11-6-12-14-9/h2-7H,1H3,(H,11,12,13).